The molecule has 1 aromatic carbocycles. The molecule has 0 saturated heterocycles. The monoisotopic (exact) mass is 381 g/mol. The minimum absolute atomic E-state index is 0.00678. The van der Waals surface area contributed by atoms with Crippen LogP contribution in [0.1, 0.15) is 41.6 Å². The summed E-state index contributed by atoms with van der Waals surface area (Å²) in [5, 5.41) is 18.5. The van der Waals surface area contributed by atoms with Gasteiger partial charge in [-0.15, -0.1) is 0 Å². The molecule has 3 rings (SSSR count). The molecule has 1 amide bonds. The minimum atomic E-state index is -0.210. The quantitative estimate of drug-likeness (QED) is 0.412. The Kier molecular flexibility index (Phi) is 5.98. The lowest BCUT2D eigenvalue weighted by atomic mass is 9.86. The van der Waals surface area contributed by atoms with Crippen molar-refractivity contribution in [1.29, 1.82) is 5.41 Å². The van der Waals surface area contributed by atoms with E-state index in [-0.39, 0.29) is 29.7 Å². The lowest BCUT2D eigenvalue weighted by molar-refractivity contribution is -0.146. The molecule has 1 saturated carbocycles. The van der Waals surface area contributed by atoms with Crippen LogP contribution in [0.3, 0.4) is 0 Å². The molecule has 1 fully saturated rings. The first-order valence-electron chi connectivity index (χ1n) is 9.14. The Hall–Kier alpha value is -3.29. The summed E-state index contributed by atoms with van der Waals surface area (Å²) in [5.41, 5.74) is 7.86. The van der Waals surface area contributed by atoms with Gasteiger partial charge in [0.15, 0.2) is 0 Å². The number of methoxy groups -OCH3 is 1. The number of nitrogens with zero attached hydrogens (tertiary/aromatic N) is 2. The molecule has 0 aliphatic heterocycles. The summed E-state index contributed by atoms with van der Waals surface area (Å²) in [6.07, 6.45) is 4.33. The van der Waals surface area contributed by atoms with E-state index in [1.807, 2.05) is 0 Å². The number of esters is 1. The van der Waals surface area contributed by atoms with Crippen LogP contribution >= 0.6 is 0 Å². The molecule has 0 bridgehead atoms. The van der Waals surface area contributed by atoms with Gasteiger partial charge >= 0.3 is 5.97 Å². The SMILES string of the molecule is COC(=O)C1CCC(NC(=O)c2cnnc(-c3ccc(C(=N)N)cc3)c2)CC1. The second kappa shape index (κ2) is 8.60. The van der Waals surface area contributed by atoms with Crippen LogP contribution in [0.2, 0.25) is 0 Å². The summed E-state index contributed by atoms with van der Waals surface area (Å²) in [4.78, 5) is 24.2. The molecule has 4 N–H and O–H groups in total. The van der Waals surface area contributed by atoms with Crippen LogP contribution < -0.4 is 11.1 Å². The number of hydrogen-bond acceptors (Lipinski definition) is 6. The third kappa shape index (κ3) is 4.51. The van der Waals surface area contributed by atoms with Gasteiger partial charge in [0, 0.05) is 17.2 Å². The van der Waals surface area contributed by atoms with Gasteiger partial charge in [-0.3, -0.25) is 15.0 Å². The average molecular weight is 381 g/mol. The zero-order valence-corrected chi connectivity index (χ0v) is 15.6. The van der Waals surface area contributed by atoms with E-state index in [0.29, 0.717) is 29.7 Å². The Balaban J connectivity index is 1.64. The second-order valence-corrected chi connectivity index (χ2v) is 6.87. The molecule has 0 atom stereocenters. The number of carbonyl (C=O) groups is 2. The number of ether oxygens (including phenoxy) is 1. The van der Waals surface area contributed by atoms with Crippen molar-refractivity contribution >= 4 is 17.7 Å². The van der Waals surface area contributed by atoms with Gasteiger partial charge in [0.25, 0.3) is 5.91 Å². The number of hydrogen-bond donors (Lipinski definition) is 3. The fourth-order valence-corrected chi connectivity index (χ4v) is 3.36. The molecule has 0 spiro atoms. The first-order chi connectivity index (χ1) is 13.5. The molecule has 28 heavy (non-hydrogen) atoms. The highest BCUT2D eigenvalue weighted by Gasteiger charge is 2.27. The fourth-order valence-electron chi connectivity index (χ4n) is 3.36. The first-order valence-corrected chi connectivity index (χ1v) is 9.14. The summed E-state index contributed by atoms with van der Waals surface area (Å²) in [6.45, 7) is 0. The number of carbonyl (C=O) groups excluding carboxylic acids is 2. The van der Waals surface area contributed by atoms with E-state index in [1.54, 1.807) is 30.3 Å². The van der Waals surface area contributed by atoms with Crippen molar-refractivity contribution < 1.29 is 14.3 Å². The van der Waals surface area contributed by atoms with E-state index >= 15 is 0 Å². The zero-order chi connectivity index (χ0) is 20.1. The molecule has 1 aliphatic rings. The van der Waals surface area contributed by atoms with E-state index < -0.39 is 0 Å². The van der Waals surface area contributed by atoms with E-state index in [2.05, 4.69) is 15.5 Å². The van der Waals surface area contributed by atoms with Crippen molar-refractivity contribution in [3.8, 4) is 11.3 Å². The van der Waals surface area contributed by atoms with Crippen molar-refractivity contribution in [3.05, 3.63) is 47.7 Å². The largest absolute Gasteiger partial charge is 0.469 e. The van der Waals surface area contributed by atoms with Gasteiger partial charge in [-0.1, -0.05) is 24.3 Å². The summed E-state index contributed by atoms with van der Waals surface area (Å²) in [6, 6.07) is 8.75. The summed E-state index contributed by atoms with van der Waals surface area (Å²) in [7, 11) is 1.40. The Bertz CT molecular complexity index is 874. The lowest BCUT2D eigenvalue weighted by Gasteiger charge is -2.27. The van der Waals surface area contributed by atoms with Crippen molar-refractivity contribution in [3.63, 3.8) is 0 Å². The van der Waals surface area contributed by atoms with E-state index in [1.165, 1.54) is 13.3 Å². The number of amidine groups is 1. The highest BCUT2D eigenvalue weighted by atomic mass is 16.5. The predicted octanol–water partition coefficient (Wildman–Crippen LogP) is 1.89. The highest BCUT2D eigenvalue weighted by molar-refractivity contribution is 5.96. The number of amides is 1. The topological polar surface area (TPSA) is 131 Å². The molecular weight excluding hydrogens is 358 g/mol. The second-order valence-electron chi connectivity index (χ2n) is 6.87. The number of nitrogen functional groups attached to an aromatic ring is 1. The molecule has 0 radical (unpaired) electrons. The lowest BCUT2D eigenvalue weighted by Crippen LogP contribution is -2.39. The van der Waals surface area contributed by atoms with E-state index in [9.17, 15) is 9.59 Å². The number of nitrogens with one attached hydrogen (secondary N) is 2. The summed E-state index contributed by atoms with van der Waals surface area (Å²) >= 11 is 0. The smallest absolute Gasteiger partial charge is 0.308 e. The molecule has 1 aliphatic carbocycles. The van der Waals surface area contributed by atoms with Crippen molar-refractivity contribution in [2.45, 2.75) is 31.7 Å². The van der Waals surface area contributed by atoms with E-state index in [4.69, 9.17) is 15.9 Å². The van der Waals surface area contributed by atoms with Crippen LogP contribution in [0.15, 0.2) is 36.5 Å². The van der Waals surface area contributed by atoms with Crippen LogP contribution in [-0.4, -0.2) is 41.1 Å². The van der Waals surface area contributed by atoms with E-state index in [0.717, 1.165) is 18.4 Å². The predicted molar refractivity (Wildman–Crippen MR) is 104 cm³/mol. The standard InChI is InChI=1S/C20H23N5O3/c1-28-20(27)14-6-8-16(9-7-14)24-19(26)15-10-17(25-23-11-15)12-2-4-13(5-3-12)18(21)22/h2-5,10-11,14,16H,6-9H2,1H3,(H3,21,22)(H,24,26). The van der Waals surface area contributed by atoms with Crippen molar-refractivity contribution in [1.82, 2.24) is 15.5 Å². The molecule has 1 heterocycles. The molecule has 8 heteroatoms. The molecule has 0 unspecified atom stereocenters. The van der Waals surface area contributed by atoms with Gasteiger partial charge in [0.05, 0.1) is 30.5 Å². The summed E-state index contributed by atoms with van der Waals surface area (Å²) in [5.74, 6) is -0.473. The van der Waals surface area contributed by atoms with Crippen LogP contribution in [0.4, 0.5) is 0 Å². The van der Waals surface area contributed by atoms with Gasteiger partial charge in [-0.2, -0.15) is 10.2 Å². The minimum Gasteiger partial charge on any atom is -0.469 e. The number of benzene rings is 1. The third-order valence-electron chi connectivity index (χ3n) is 5.01. The zero-order valence-electron chi connectivity index (χ0n) is 15.6. The Morgan fingerprint density at radius 1 is 1.14 bits per heavy atom. The maximum Gasteiger partial charge on any atom is 0.308 e. The fraction of sp³-hybridized carbons (Fsp3) is 0.350. The first kappa shape index (κ1) is 19.5. The Morgan fingerprint density at radius 2 is 1.82 bits per heavy atom. The maximum absolute atomic E-state index is 12.6. The molecule has 146 valence electrons. The van der Waals surface area contributed by atoms with Crippen LogP contribution in [0.5, 0.6) is 0 Å². The highest BCUT2D eigenvalue weighted by Crippen LogP contribution is 2.25. The Morgan fingerprint density at radius 3 is 2.43 bits per heavy atom. The van der Waals surface area contributed by atoms with Gasteiger partial charge in [-0.25, -0.2) is 0 Å². The number of aromatic nitrogens is 2. The van der Waals surface area contributed by atoms with Gasteiger partial charge in [-0.05, 0) is 31.7 Å². The van der Waals surface area contributed by atoms with Crippen LogP contribution in [0, 0.1) is 11.3 Å². The third-order valence-corrected chi connectivity index (χ3v) is 5.01. The number of nitrogens with two attached hydrogens (primary N) is 1. The van der Waals surface area contributed by atoms with Crippen LogP contribution in [0.25, 0.3) is 11.3 Å². The molecule has 2 aromatic rings. The van der Waals surface area contributed by atoms with Gasteiger partial charge in [0.1, 0.15) is 5.84 Å². The normalized spacial score (nSPS) is 18.9. The van der Waals surface area contributed by atoms with Gasteiger partial charge < -0.3 is 15.8 Å². The summed E-state index contributed by atoms with van der Waals surface area (Å²) < 4.78 is 4.79. The Labute approximate surface area is 163 Å². The number of rotatable bonds is 5. The van der Waals surface area contributed by atoms with Crippen molar-refractivity contribution in [2.75, 3.05) is 7.11 Å². The maximum atomic E-state index is 12.6. The van der Waals surface area contributed by atoms with Crippen LogP contribution in [-0.2, 0) is 9.53 Å². The molecular formula is C20H23N5O3. The van der Waals surface area contributed by atoms with Gasteiger partial charge in [0.2, 0.25) is 0 Å². The average Bonchev–Trinajstić information content (AvgIpc) is 2.74. The molecule has 8 nitrogen and oxygen atoms in total. The molecule has 1 aromatic heterocycles. The van der Waals surface area contributed by atoms with Crippen molar-refractivity contribution in [2.24, 2.45) is 11.7 Å².